The van der Waals surface area contributed by atoms with Crippen molar-refractivity contribution in [3.8, 4) is 11.4 Å². The Labute approximate surface area is 127 Å². The molecule has 0 bridgehead atoms. The first-order valence-corrected chi connectivity index (χ1v) is 7.34. The maximum Gasteiger partial charge on any atom is 0.259 e. The van der Waals surface area contributed by atoms with Crippen LogP contribution in [0.5, 0.6) is 0 Å². The highest BCUT2D eigenvalue weighted by Gasteiger charge is 2.26. The number of hydrogen-bond acceptors (Lipinski definition) is 5. The standard InChI is InChI=1S/C15H18N4O3/c1-9-3-4-12(14(21)16-9)13-17-15(22-18-13)11-5-7-19(8-6-11)10(2)20/h3-4,11H,5-8H2,1-2H3,(H,16,21). The third-order valence-corrected chi connectivity index (χ3v) is 4.03. The number of hydrogen-bond donors (Lipinski definition) is 1. The van der Waals surface area contributed by atoms with Crippen LogP contribution < -0.4 is 5.56 Å². The third-order valence-electron chi connectivity index (χ3n) is 4.03. The fourth-order valence-corrected chi connectivity index (χ4v) is 2.70. The molecule has 7 heteroatoms. The molecule has 7 nitrogen and oxygen atoms in total. The van der Waals surface area contributed by atoms with Crippen molar-refractivity contribution < 1.29 is 9.32 Å². The lowest BCUT2D eigenvalue weighted by Crippen LogP contribution is -2.36. The molecule has 0 atom stereocenters. The molecule has 2 aromatic heterocycles. The van der Waals surface area contributed by atoms with Crippen LogP contribution in [0.1, 0.15) is 37.3 Å². The number of pyridine rings is 1. The number of aryl methyl sites for hydroxylation is 1. The van der Waals surface area contributed by atoms with Crippen LogP contribution in [0.4, 0.5) is 0 Å². The largest absolute Gasteiger partial charge is 0.343 e. The first-order valence-electron chi connectivity index (χ1n) is 7.34. The number of aromatic nitrogens is 3. The molecule has 116 valence electrons. The highest BCUT2D eigenvalue weighted by atomic mass is 16.5. The number of carbonyl (C=O) groups is 1. The maximum atomic E-state index is 11.9. The van der Waals surface area contributed by atoms with Crippen LogP contribution in [0.15, 0.2) is 21.5 Å². The van der Waals surface area contributed by atoms with E-state index in [0.29, 0.717) is 30.4 Å². The van der Waals surface area contributed by atoms with Gasteiger partial charge >= 0.3 is 0 Å². The quantitative estimate of drug-likeness (QED) is 0.906. The van der Waals surface area contributed by atoms with Gasteiger partial charge in [0.25, 0.3) is 5.56 Å². The first-order chi connectivity index (χ1) is 10.5. The van der Waals surface area contributed by atoms with Crippen LogP contribution in [0, 0.1) is 6.92 Å². The number of likely N-dealkylation sites (tertiary alicyclic amines) is 1. The molecule has 0 spiro atoms. The van der Waals surface area contributed by atoms with E-state index in [4.69, 9.17) is 4.52 Å². The minimum absolute atomic E-state index is 0.0934. The number of nitrogens with zero attached hydrogens (tertiary/aromatic N) is 3. The number of rotatable bonds is 2. The van der Waals surface area contributed by atoms with E-state index in [1.54, 1.807) is 19.1 Å². The van der Waals surface area contributed by atoms with Crippen molar-refractivity contribution in [3.63, 3.8) is 0 Å². The van der Waals surface area contributed by atoms with E-state index in [2.05, 4.69) is 15.1 Å². The van der Waals surface area contributed by atoms with E-state index >= 15 is 0 Å². The van der Waals surface area contributed by atoms with Crippen molar-refractivity contribution in [1.82, 2.24) is 20.0 Å². The second-order valence-corrected chi connectivity index (χ2v) is 5.62. The minimum atomic E-state index is -0.223. The monoisotopic (exact) mass is 302 g/mol. The van der Waals surface area contributed by atoms with Gasteiger partial charge in [0.15, 0.2) is 0 Å². The summed E-state index contributed by atoms with van der Waals surface area (Å²) in [7, 11) is 0. The molecule has 0 unspecified atom stereocenters. The molecule has 1 N–H and O–H groups in total. The summed E-state index contributed by atoms with van der Waals surface area (Å²) in [4.78, 5) is 32.2. The van der Waals surface area contributed by atoms with Crippen molar-refractivity contribution in [1.29, 1.82) is 0 Å². The Bertz CT molecular complexity index is 741. The molecule has 2 aromatic rings. The molecular formula is C15H18N4O3. The smallest absolute Gasteiger partial charge is 0.259 e. The molecule has 0 aliphatic carbocycles. The molecule has 0 saturated carbocycles. The van der Waals surface area contributed by atoms with Crippen molar-refractivity contribution in [3.05, 3.63) is 34.1 Å². The zero-order valence-corrected chi connectivity index (χ0v) is 12.6. The zero-order chi connectivity index (χ0) is 15.7. The predicted molar refractivity (Wildman–Crippen MR) is 79.3 cm³/mol. The van der Waals surface area contributed by atoms with Crippen LogP contribution in [-0.4, -0.2) is 39.0 Å². The van der Waals surface area contributed by atoms with Gasteiger partial charge in [0.2, 0.25) is 17.6 Å². The number of aromatic amines is 1. The van der Waals surface area contributed by atoms with Gasteiger partial charge in [0.1, 0.15) is 0 Å². The van der Waals surface area contributed by atoms with Crippen LogP contribution in [0.3, 0.4) is 0 Å². The summed E-state index contributed by atoms with van der Waals surface area (Å²) in [5.74, 6) is 1.08. The van der Waals surface area contributed by atoms with Gasteiger partial charge in [-0.05, 0) is 31.9 Å². The SMILES string of the molecule is CC(=O)N1CCC(c2nc(-c3ccc(C)[nH]c3=O)no2)CC1. The normalized spacial score (nSPS) is 16.0. The van der Waals surface area contributed by atoms with Gasteiger partial charge in [-0.2, -0.15) is 4.98 Å². The van der Waals surface area contributed by atoms with E-state index in [9.17, 15) is 9.59 Å². The van der Waals surface area contributed by atoms with E-state index < -0.39 is 0 Å². The molecule has 1 aliphatic heterocycles. The fraction of sp³-hybridized carbons (Fsp3) is 0.467. The first kappa shape index (κ1) is 14.5. The van der Waals surface area contributed by atoms with Gasteiger partial charge in [0.05, 0.1) is 5.56 Å². The zero-order valence-electron chi connectivity index (χ0n) is 12.6. The van der Waals surface area contributed by atoms with Gasteiger partial charge < -0.3 is 14.4 Å². The molecule has 3 rings (SSSR count). The van der Waals surface area contributed by atoms with Crippen LogP contribution in [-0.2, 0) is 4.79 Å². The summed E-state index contributed by atoms with van der Waals surface area (Å²) < 4.78 is 5.32. The van der Waals surface area contributed by atoms with Gasteiger partial charge in [-0.15, -0.1) is 0 Å². The van der Waals surface area contributed by atoms with E-state index in [1.807, 2.05) is 11.8 Å². The molecule has 1 saturated heterocycles. The molecule has 3 heterocycles. The van der Waals surface area contributed by atoms with E-state index in [0.717, 1.165) is 18.5 Å². The van der Waals surface area contributed by atoms with Crippen LogP contribution in [0.2, 0.25) is 0 Å². The highest BCUT2D eigenvalue weighted by molar-refractivity contribution is 5.73. The second kappa shape index (κ2) is 5.75. The number of H-pyrrole nitrogens is 1. The second-order valence-electron chi connectivity index (χ2n) is 5.62. The Balaban J connectivity index is 1.77. The van der Waals surface area contributed by atoms with Gasteiger partial charge in [-0.25, -0.2) is 0 Å². The van der Waals surface area contributed by atoms with E-state index in [1.165, 1.54) is 0 Å². The van der Waals surface area contributed by atoms with Crippen molar-refractivity contribution in [2.24, 2.45) is 0 Å². The average molecular weight is 302 g/mol. The molecular weight excluding hydrogens is 284 g/mol. The van der Waals surface area contributed by atoms with Gasteiger partial charge in [0, 0.05) is 31.6 Å². The lowest BCUT2D eigenvalue weighted by Gasteiger charge is -2.29. The Hall–Kier alpha value is -2.44. The van der Waals surface area contributed by atoms with Crippen LogP contribution >= 0.6 is 0 Å². The molecule has 1 fully saturated rings. The number of carbonyl (C=O) groups excluding carboxylic acids is 1. The Morgan fingerprint density at radius 1 is 1.36 bits per heavy atom. The number of piperidine rings is 1. The summed E-state index contributed by atoms with van der Waals surface area (Å²) in [6.45, 7) is 4.79. The van der Waals surface area contributed by atoms with E-state index in [-0.39, 0.29) is 17.4 Å². The van der Waals surface area contributed by atoms with Crippen molar-refractivity contribution in [2.75, 3.05) is 13.1 Å². The summed E-state index contributed by atoms with van der Waals surface area (Å²) in [5.41, 5.74) is 0.967. The Kier molecular flexibility index (Phi) is 3.79. The molecule has 0 aromatic carbocycles. The molecule has 1 aliphatic rings. The van der Waals surface area contributed by atoms with Gasteiger partial charge in [-0.1, -0.05) is 5.16 Å². The lowest BCUT2D eigenvalue weighted by molar-refractivity contribution is -0.129. The number of amides is 1. The molecule has 0 radical (unpaired) electrons. The fourth-order valence-electron chi connectivity index (χ4n) is 2.70. The molecule has 22 heavy (non-hydrogen) atoms. The summed E-state index contributed by atoms with van der Waals surface area (Å²) in [5, 5.41) is 3.92. The maximum absolute atomic E-state index is 11.9. The topological polar surface area (TPSA) is 92.1 Å². The van der Waals surface area contributed by atoms with Gasteiger partial charge in [-0.3, -0.25) is 9.59 Å². The Morgan fingerprint density at radius 2 is 2.09 bits per heavy atom. The molecule has 1 amide bonds. The summed E-state index contributed by atoms with van der Waals surface area (Å²) in [6, 6.07) is 3.50. The number of nitrogens with one attached hydrogen (secondary N) is 1. The van der Waals surface area contributed by atoms with Crippen molar-refractivity contribution >= 4 is 5.91 Å². The summed E-state index contributed by atoms with van der Waals surface area (Å²) in [6.07, 6.45) is 1.59. The summed E-state index contributed by atoms with van der Waals surface area (Å²) >= 11 is 0. The minimum Gasteiger partial charge on any atom is -0.343 e. The van der Waals surface area contributed by atoms with Crippen molar-refractivity contribution in [2.45, 2.75) is 32.6 Å². The average Bonchev–Trinajstić information content (AvgIpc) is 2.97. The third kappa shape index (κ3) is 2.79. The highest BCUT2D eigenvalue weighted by Crippen LogP contribution is 2.27. The Morgan fingerprint density at radius 3 is 2.73 bits per heavy atom. The lowest BCUT2D eigenvalue weighted by atomic mass is 9.97. The van der Waals surface area contributed by atoms with Crippen LogP contribution in [0.25, 0.3) is 11.4 Å². The predicted octanol–water partition coefficient (Wildman–Crippen LogP) is 1.46.